The van der Waals surface area contributed by atoms with Gasteiger partial charge in [0, 0.05) is 47.5 Å². The highest BCUT2D eigenvalue weighted by atomic mass is 32.2. The summed E-state index contributed by atoms with van der Waals surface area (Å²) in [6, 6.07) is 9.97. The van der Waals surface area contributed by atoms with Gasteiger partial charge in [-0.05, 0) is 69.5 Å². The summed E-state index contributed by atoms with van der Waals surface area (Å²) in [6.07, 6.45) is 6.30. The molecular weight excluding hydrogens is 488 g/mol. The first-order valence-electron chi connectivity index (χ1n) is 12.5. The maximum Gasteiger partial charge on any atom is 0.150 e. The molecule has 0 amide bonds. The Bertz CT molecular complexity index is 1560. The quantitative estimate of drug-likeness (QED) is 0.404. The van der Waals surface area contributed by atoms with Crippen molar-refractivity contribution >= 4 is 26.6 Å². The lowest BCUT2D eigenvalue weighted by molar-refractivity contribution is 0.0937. The van der Waals surface area contributed by atoms with Crippen LogP contribution in [-0.4, -0.2) is 58.4 Å². The molecule has 3 aromatic heterocycles. The summed E-state index contributed by atoms with van der Waals surface area (Å²) in [5.74, 6) is 1.66. The molecule has 1 saturated heterocycles. The van der Waals surface area contributed by atoms with E-state index < -0.39 is 9.84 Å². The Labute approximate surface area is 216 Å². The van der Waals surface area contributed by atoms with Gasteiger partial charge in [-0.15, -0.1) is 0 Å². The van der Waals surface area contributed by atoms with E-state index in [0.29, 0.717) is 0 Å². The van der Waals surface area contributed by atoms with Gasteiger partial charge in [0.25, 0.3) is 0 Å². The van der Waals surface area contributed by atoms with Crippen LogP contribution in [0.3, 0.4) is 0 Å². The molecule has 37 heavy (non-hydrogen) atoms. The number of aromatic nitrogens is 5. The first kappa shape index (κ1) is 23.8. The van der Waals surface area contributed by atoms with Crippen molar-refractivity contribution in [1.82, 2.24) is 25.4 Å². The molecule has 1 N–H and O–H groups in total. The molecule has 1 aromatic carbocycles. The van der Waals surface area contributed by atoms with Crippen LogP contribution >= 0.6 is 0 Å². The first-order valence-corrected chi connectivity index (χ1v) is 14.4. The topological polar surface area (TPSA) is 114 Å². The van der Waals surface area contributed by atoms with E-state index in [2.05, 4.69) is 25.3 Å². The molecule has 1 saturated carbocycles. The third kappa shape index (κ3) is 4.22. The second-order valence-corrected chi connectivity index (χ2v) is 13.0. The van der Waals surface area contributed by atoms with Crippen molar-refractivity contribution in [2.45, 2.75) is 45.0 Å². The Balaban J connectivity index is 1.18. The molecule has 2 aliphatic rings. The largest absolute Gasteiger partial charge is 0.486 e. The lowest BCUT2D eigenvalue weighted by atomic mass is 9.63. The summed E-state index contributed by atoms with van der Waals surface area (Å²) in [7, 11) is -2.93. The maximum absolute atomic E-state index is 11.8. The summed E-state index contributed by atoms with van der Waals surface area (Å²) in [5, 5.41) is 16.6. The van der Waals surface area contributed by atoms with Crippen LogP contribution in [0.1, 0.15) is 42.7 Å². The van der Waals surface area contributed by atoms with E-state index in [4.69, 9.17) is 9.72 Å². The number of benzene rings is 1. The highest BCUT2D eigenvalue weighted by Crippen LogP contribution is 2.51. The van der Waals surface area contributed by atoms with Crippen molar-refractivity contribution in [3.8, 4) is 17.0 Å². The van der Waals surface area contributed by atoms with E-state index in [-0.39, 0.29) is 16.8 Å². The standard InChI is InChI=1S/C27H30N6O3S/c1-16-12-29-30-17(2)25(16)18(3)36-20-6-7-23-22(9-20)26(32-31-23)19-5-8-24(28-13-19)33-14-27(15-33)10-21(11-27)37(4,34)35/h5-9,12-13,18,21H,10-11,14-15H2,1-4H3,(H,31,32)/t18-/m1/s1. The number of aryl methyl sites for hydroxylation is 2. The average molecular weight is 519 g/mol. The van der Waals surface area contributed by atoms with Crippen LogP contribution in [0, 0.1) is 19.3 Å². The molecule has 192 valence electrons. The first-order chi connectivity index (χ1) is 17.6. The van der Waals surface area contributed by atoms with Crippen molar-refractivity contribution in [2.24, 2.45) is 5.41 Å². The van der Waals surface area contributed by atoms with Gasteiger partial charge in [-0.25, -0.2) is 13.4 Å². The molecule has 1 aliphatic heterocycles. The number of nitrogens with one attached hydrogen (secondary N) is 1. The van der Waals surface area contributed by atoms with E-state index >= 15 is 0 Å². The number of hydrogen-bond acceptors (Lipinski definition) is 8. The van der Waals surface area contributed by atoms with Crippen LogP contribution in [-0.2, 0) is 9.84 Å². The molecule has 4 aromatic rings. The molecule has 10 heteroatoms. The van der Waals surface area contributed by atoms with E-state index in [1.54, 1.807) is 6.20 Å². The molecule has 6 rings (SSSR count). The third-order valence-electron chi connectivity index (χ3n) is 7.85. The van der Waals surface area contributed by atoms with Gasteiger partial charge in [0.15, 0.2) is 0 Å². The summed E-state index contributed by atoms with van der Waals surface area (Å²) in [4.78, 5) is 6.91. The van der Waals surface area contributed by atoms with Crippen molar-refractivity contribution in [3.63, 3.8) is 0 Å². The molecule has 1 aliphatic carbocycles. The number of aromatic amines is 1. The Kier molecular flexibility index (Phi) is 5.48. The van der Waals surface area contributed by atoms with E-state index in [0.717, 1.165) is 76.5 Å². The predicted molar refractivity (Wildman–Crippen MR) is 142 cm³/mol. The van der Waals surface area contributed by atoms with Crippen LogP contribution in [0.15, 0.2) is 42.7 Å². The van der Waals surface area contributed by atoms with Gasteiger partial charge in [-0.2, -0.15) is 15.3 Å². The smallest absolute Gasteiger partial charge is 0.150 e. The molecule has 1 atom stereocenters. The predicted octanol–water partition coefficient (Wildman–Crippen LogP) is 4.19. The van der Waals surface area contributed by atoms with Crippen molar-refractivity contribution in [2.75, 3.05) is 24.2 Å². The molecule has 1 spiro atoms. The zero-order chi connectivity index (χ0) is 25.9. The average Bonchev–Trinajstić information content (AvgIpc) is 3.20. The number of rotatable bonds is 6. The van der Waals surface area contributed by atoms with Crippen LogP contribution in [0.2, 0.25) is 0 Å². The van der Waals surface area contributed by atoms with Gasteiger partial charge < -0.3 is 9.64 Å². The molecule has 2 fully saturated rings. The van der Waals surface area contributed by atoms with Gasteiger partial charge in [0.1, 0.15) is 33.2 Å². The second kappa shape index (κ2) is 8.51. The van der Waals surface area contributed by atoms with Gasteiger partial charge in [-0.3, -0.25) is 5.10 Å². The molecule has 9 nitrogen and oxygen atoms in total. The Morgan fingerprint density at radius 1 is 1.14 bits per heavy atom. The number of fused-ring (bicyclic) bond motifs is 1. The van der Waals surface area contributed by atoms with E-state index in [9.17, 15) is 8.42 Å². The second-order valence-electron chi connectivity index (χ2n) is 10.7. The number of nitrogens with zero attached hydrogens (tertiary/aromatic N) is 5. The maximum atomic E-state index is 11.8. The van der Waals surface area contributed by atoms with Crippen LogP contribution in [0.25, 0.3) is 22.2 Å². The van der Waals surface area contributed by atoms with Crippen LogP contribution < -0.4 is 9.64 Å². The zero-order valence-corrected chi connectivity index (χ0v) is 22.2. The van der Waals surface area contributed by atoms with E-state index in [1.807, 2.05) is 57.3 Å². The van der Waals surface area contributed by atoms with Crippen molar-refractivity contribution in [3.05, 3.63) is 59.5 Å². The van der Waals surface area contributed by atoms with E-state index in [1.165, 1.54) is 6.26 Å². The minimum Gasteiger partial charge on any atom is -0.486 e. The number of H-pyrrole nitrogens is 1. The lowest BCUT2D eigenvalue weighted by Crippen LogP contribution is -2.65. The highest BCUT2D eigenvalue weighted by Gasteiger charge is 2.55. The Hall–Kier alpha value is -3.53. The Morgan fingerprint density at radius 3 is 2.59 bits per heavy atom. The molecule has 0 bridgehead atoms. The monoisotopic (exact) mass is 518 g/mol. The number of hydrogen-bond donors (Lipinski definition) is 1. The minimum absolute atomic E-state index is 0.142. The van der Waals surface area contributed by atoms with Crippen LogP contribution in [0.4, 0.5) is 5.82 Å². The Morgan fingerprint density at radius 2 is 1.92 bits per heavy atom. The fourth-order valence-electron chi connectivity index (χ4n) is 5.88. The SMILES string of the molecule is Cc1cnnc(C)c1[C@@H](C)Oc1ccc2[nH]nc(-c3ccc(N4CC5(CC(S(C)(=O)=O)C5)C4)nc3)c2c1. The summed E-state index contributed by atoms with van der Waals surface area (Å²) in [5.41, 5.74) is 5.77. The fourth-order valence-corrected chi connectivity index (χ4v) is 7.19. The normalized spacial score (nSPS) is 18.0. The molecule has 0 unspecified atom stereocenters. The molecular formula is C27H30N6O3S. The van der Waals surface area contributed by atoms with Gasteiger partial charge in [0.2, 0.25) is 0 Å². The zero-order valence-electron chi connectivity index (χ0n) is 21.4. The lowest BCUT2D eigenvalue weighted by Gasteiger charge is -2.58. The van der Waals surface area contributed by atoms with Crippen LogP contribution in [0.5, 0.6) is 5.75 Å². The number of ether oxygens (including phenoxy) is 1. The molecule has 0 radical (unpaired) electrons. The van der Waals surface area contributed by atoms with Crippen molar-refractivity contribution in [1.29, 1.82) is 0 Å². The van der Waals surface area contributed by atoms with Crippen molar-refractivity contribution < 1.29 is 13.2 Å². The molecule has 4 heterocycles. The van der Waals surface area contributed by atoms with Gasteiger partial charge in [0.05, 0.1) is 22.7 Å². The number of pyridine rings is 1. The van der Waals surface area contributed by atoms with Gasteiger partial charge in [-0.1, -0.05) is 0 Å². The minimum atomic E-state index is -2.93. The number of anilines is 1. The van der Waals surface area contributed by atoms with Gasteiger partial charge >= 0.3 is 0 Å². The third-order valence-corrected chi connectivity index (χ3v) is 9.40. The number of sulfone groups is 1. The summed E-state index contributed by atoms with van der Waals surface area (Å²) >= 11 is 0. The summed E-state index contributed by atoms with van der Waals surface area (Å²) in [6.45, 7) is 7.71. The highest BCUT2D eigenvalue weighted by molar-refractivity contribution is 7.91. The fraction of sp³-hybridized carbons (Fsp3) is 0.407. The summed E-state index contributed by atoms with van der Waals surface area (Å²) < 4.78 is 29.8.